The quantitative estimate of drug-likeness (QED) is 0.815. The molecule has 2 nitrogen and oxygen atoms in total. The minimum Gasteiger partial charge on any atom is -0.314 e. The first-order chi connectivity index (χ1) is 7.98. The second-order valence-electron chi connectivity index (χ2n) is 3.95. The molecule has 0 aromatic heterocycles. The molecule has 0 radical (unpaired) electrons. The summed E-state index contributed by atoms with van der Waals surface area (Å²) in [6, 6.07) is 3.91. The van der Waals surface area contributed by atoms with Crippen LogP contribution in [-0.2, 0) is 6.18 Å². The summed E-state index contributed by atoms with van der Waals surface area (Å²) in [6.07, 6.45) is -4.39. The topological polar surface area (TPSA) is 24.1 Å². The molecule has 1 aliphatic rings. The summed E-state index contributed by atoms with van der Waals surface area (Å²) in [5.74, 6) is 0. The van der Waals surface area contributed by atoms with Crippen molar-refractivity contribution in [2.45, 2.75) is 12.2 Å². The molecular formula is C11H12ClF3N2. The first-order valence-corrected chi connectivity index (χ1v) is 5.67. The van der Waals surface area contributed by atoms with Gasteiger partial charge in [-0.3, -0.25) is 0 Å². The van der Waals surface area contributed by atoms with E-state index in [0.29, 0.717) is 6.54 Å². The van der Waals surface area contributed by atoms with E-state index >= 15 is 0 Å². The summed E-state index contributed by atoms with van der Waals surface area (Å²) in [7, 11) is 0. The van der Waals surface area contributed by atoms with Gasteiger partial charge < -0.3 is 10.6 Å². The van der Waals surface area contributed by atoms with Crippen LogP contribution in [0.3, 0.4) is 0 Å². The Morgan fingerprint density at radius 1 is 1.24 bits per heavy atom. The molecule has 6 heteroatoms. The lowest BCUT2D eigenvalue weighted by molar-refractivity contribution is -0.137. The number of hydrogen-bond donors (Lipinski definition) is 2. The Morgan fingerprint density at radius 3 is 2.53 bits per heavy atom. The van der Waals surface area contributed by atoms with Gasteiger partial charge in [0.2, 0.25) is 0 Å². The highest BCUT2D eigenvalue weighted by molar-refractivity contribution is 6.31. The number of piperazine rings is 1. The van der Waals surface area contributed by atoms with Crippen LogP contribution in [-0.4, -0.2) is 19.6 Å². The zero-order valence-corrected chi connectivity index (χ0v) is 9.70. The predicted octanol–water partition coefficient (Wildman–Crippen LogP) is 2.59. The van der Waals surface area contributed by atoms with Crippen LogP contribution in [0.5, 0.6) is 0 Å². The van der Waals surface area contributed by atoms with E-state index in [1.165, 1.54) is 12.1 Å². The summed E-state index contributed by atoms with van der Waals surface area (Å²) >= 11 is 5.67. The molecule has 0 spiro atoms. The van der Waals surface area contributed by atoms with Gasteiger partial charge in [-0.25, -0.2) is 0 Å². The van der Waals surface area contributed by atoms with Crippen molar-refractivity contribution in [3.63, 3.8) is 0 Å². The second-order valence-corrected chi connectivity index (χ2v) is 4.36. The lowest BCUT2D eigenvalue weighted by atomic mass is 10.0. The average molecular weight is 265 g/mol. The normalized spacial score (nSPS) is 21.5. The molecule has 1 atom stereocenters. The van der Waals surface area contributed by atoms with E-state index in [-0.39, 0.29) is 11.1 Å². The zero-order valence-electron chi connectivity index (χ0n) is 8.94. The van der Waals surface area contributed by atoms with E-state index in [4.69, 9.17) is 11.6 Å². The van der Waals surface area contributed by atoms with Gasteiger partial charge in [-0.05, 0) is 17.7 Å². The molecule has 1 aromatic carbocycles. The standard InChI is InChI=1S/C11H12ClF3N2/c12-9-5-7(10-6-16-3-4-17-10)1-2-8(9)11(13,14)15/h1-2,5,10,16-17H,3-4,6H2/t10-/m1/s1. The maximum Gasteiger partial charge on any atom is 0.417 e. The Morgan fingerprint density at radius 2 is 2.00 bits per heavy atom. The molecule has 1 fully saturated rings. The number of halogens is 4. The first-order valence-electron chi connectivity index (χ1n) is 5.29. The van der Waals surface area contributed by atoms with E-state index in [1.54, 1.807) is 0 Å². The molecule has 1 aromatic rings. The maximum atomic E-state index is 12.5. The van der Waals surface area contributed by atoms with E-state index in [2.05, 4.69) is 10.6 Å². The SMILES string of the molecule is FC(F)(F)c1ccc([C@H]2CNCCN2)cc1Cl. The fourth-order valence-corrected chi connectivity index (χ4v) is 2.16. The molecule has 0 aliphatic carbocycles. The smallest absolute Gasteiger partial charge is 0.314 e. The number of hydrogen-bond acceptors (Lipinski definition) is 2. The predicted molar refractivity (Wildman–Crippen MR) is 60.1 cm³/mol. The third-order valence-electron chi connectivity index (χ3n) is 2.74. The Kier molecular flexibility index (Phi) is 3.61. The fraction of sp³-hybridized carbons (Fsp3) is 0.455. The van der Waals surface area contributed by atoms with Crippen molar-refractivity contribution >= 4 is 11.6 Å². The van der Waals surface area contributed by atoms with Crippen molar-refractivity contribution in [3.8, 4) is 0 Å². The molecule has 1 heterocycles. The summed E-state index contributed by atoms with van der Waals surface area (Å²) in [5.41, 5.74) is -0.0121. The lowest BCUT2D eigenvalue weighted by Crippen LogP contribution is -2.42. The Hall–Kier alpha value is -0.780. The average Bonchev–Trinajstić information content (AvgIpc) is 2.28. The van der Waals surface area contributed by atoms with Gasteiger partial charge in [0, 0.05) is 25.7 Å². The molecule has 94 valence electrons. The lowest BCUT2D eigenvalue weighted by Gasteiger charge is -2.25. The van der Waals surface area contributed by atoms with E-state index in [0.717, 1.165) is 24.7 Å². The number of benzene rings is 1. The highest BCUT2D eigenvalue weighted by Gasteiger charge is 2.33. The van der Waals surface area contributed by atoms with Gasteiger partial charge in [0.25, 0.3) is 0 Å². The van der Waals surface area contributed by atoms with E-state index < -0.39 is 11.7 Å². The van der Waals surface area contributed by atoms with Crippen LogP contribution in [0.4, 0.5) is 13.2 Å². The van der Waals surface area contributed by atoms with Gasteiger partial charge in [0.05, 0.1) is 10.6 Å². The van der Waals surface area contributed by atoms with Crippen LogP contribution in [0.1, 0.15) is 17.2 Å². The van der Waals surface area contributed by atoms with Crippen LogP contribution >= 0.6 is 11.6 Å². The van der Waals surface area contributed by atoms with Gasteiger partial charge in [-0.15, -0.1) is 0 Å². The molecule has 0 saturated carbocycles. The molecule has 17 heavy (non-hydrogen) atoms. The third-order valence-corrected chi connectivity index (χ3v) is 3.05. The largest absolute Gasteiger partial charge is 0.417 e. The van der Waals surface area contributed by atoms with Crippen molar-refractivity contribution < 1.29 is 13.2 Å². The summed E-state index contributed by atoms with van der Waals surface area (Å²) in [5, 5.41) is 6.14. The molecule has 2 rings (SSSR count). The van der Waals surface area contributed by atoms with Crippen molar-refractivity contribution in [2.24, 2.45) is 0 Å². The second kappa shape index (κ2) is 4.84. The van der Waals surface area contributed by atoms with Crippen molar-refractivity contribution in [2.75, 3.05) is 19.6 Å². The Balaban J connectivity index is 2.24. The molecule has 2 N–H and O–H groups in total. The summed E-state index contributed by atoms with van der Waals surface area (Å²) in [4.78, 5) is 0. The molecule has 0 unspecified atom stereocenters. The van der Waals surface area contributed by atoms with Gasteiger partial charge in [-0.2, -0.15) is 13.2 Å². The summed E-state index contributed by atoms with van der Waals surface area (Å²) < 4.78 is 37.5. The minimum atomic E-state index is -4.39. The van der Waals surface area contributed by atoms with Gasteiger partial charge in [-0.1, -0.05) is 17.7 Å². The van der Waals surface area contributed by atoms with Crippen LogP contribution in [0.25, 0.3) is 0 Å². The van der Waals surface area contributed by atoms with Crippen molar-refractivity contribution in [1.82, 2.24) is 10.6 Å². The molecular weight excluding hydrogens is 253 g/mol. The molecule has 0 bridgehead atoms. The van der Waals surface area contributed by atoms with Crippen LogP contribution in [0, 0.1) is 0 Å². The van der Waals surface area contributed by atoms with Crippen molar-refractivity contribution in [3.05, 3.63) is 34.3 Å². The molecule has 1 aliphatic heterocycles. The van der Waals surface area contributed by atoms with E-state index in [9.17, 15) is 13.2 Å². The summed E-state index contributed by atoms with van der Waals surface area (Å²) in [6.45, 7) is 2.36. The van der Waals surface area contributed by atoms with Gasteiger partial charge in [0.15, 0.2) is 0 Å². The third kappa shape index (κ3) is 2.91. The number of nitrogens with one attached hydrogen (secondary N) is 2. The van der Waals surface area contributed by atoms with Crippen LogP contribution < -0.4 is 10.6 Å². The van der Waals surface area contributed by atoms with Crippen molar-refractivity contribution in [1.29, 1.82) is 0 Å². The van der Waals surface area contributed by atoms with E-state index in [1.807, 2.05) is 0 Å². The van der Waals surface area contributed by atoms with Crippen LogP contribution in [0.2, 0.25) is 5.02 Å². The van der Waals surface area contributed by atoms with Gasteiger partial charge >= 0.3 is 6.18 Å². The van der Waals surface area contributed by atoms with Gasteiger partial charge in [0.1, 0.15) is 0 Å². The van der Waals surface area contributed by atoms with Crippen LogP contribution in [0.15, 0.2) is 18.2 Å². The zero-order chi connectivity index (χ0) is 12.5. The highest BCUT2D eigenvalue weighted by atomic mass is 35.5. The minimum absolute atomic E-state index is 0.0172. The Bertz CT molecular complexity index is 400. The molecule has 1 saturated heterocycles. The molecule has 0 amide bonds. The highest BCUT2D eigenvalue weighted by Crippen LogP contribution is 2.35. The first kappa shape index (κ1) is 12.7. The monoisotopic (exact) mass is 264 g/mol. The number of alkyl halides is 3. The Labute approximate surface area is 102 Å². The number of rotatable bonds is 1. The fourth-order valence-electron chi connectivity index (χ4n) is 1.87. The maximum absolute atomic E-state index is 12.5.